The van der Waals surface area contributed by atoms with Gasteiger partial charge in [0.25, 0.3) is 0 Å². The molecule has 0 spiro atoms. The first kappa shape index (κ1) is 17.1. The van der Waals surface area contributed by atoms with Crippen molar-refractivity contribution >= 4 is 11.8 Å². The van der Waals surface area contributed by atoms with Crippen molar-refractivity contribution in [2.24, 2.45) is 0 Å². The van der Waals surface area contributed by atoms with Crippen LogP contribution in [0.5, 0.6) is 11.5 Å². The minimum Gasteiger partial charge on any atom is -0.493 e. The summed E-state index contributed by atoms with van der Waals surface area (Å²) < 4.78 is 11.3. The van der Waals surface area contributed by atoms with E-state index in [1.54, 1.807) is 7.11 Å². The van der Waals surface area contributed by atoms with E-state index in [1.807, 2.05) is 18.2 Å². The number of methoxy groups -OCH3 is 1. The molecule has 0 aliphatic heterocycles. The number of hydrogen-bond acceptors (Lipinski definition) is 5. The molecular formula is C16H22N2O5. The highest BCUT2D eigenvalue weighted by Gasteiger charge is 2.18. The van der Waals surface area contributed by atoms with E-state index in [2.05, 4.69) is 5.32 Å². The highest BCUT2D eigenvalue weighted by Crippen LogP contribution is 2.32. The van der Waals surface area contributed by atoms with Crippen LogP contribution in [-0.4, -0.2) is 36.8 Å². The molecule has 3 N–H and O–H groups in total. The summed E-state index contributed by atoms with van der Waals surface area (Å²) >= 11 is 0. The molecule has 0 radical (unpaired) electrons. The second-order valence-electron chi connectivity index (χ2n) is 5.46. The van der Waals surface area contributed by atoms with Gasteiger partial charge in [0.2, 0.25) is 0 Å². The van der Waals surface area contributed by atoms with Crippen molar-refractivity contribution in [1.82, 2.24) is 10.8 Å². The molecule has 0 bridgehead atoms. The standard InChI is InChI=1S/C16H22N2O5/c1-22-13-7-6-11(8-9-17-15(19)16(20)18-21)10-14(13)23-12-4-2-3-5-12/h6-7,10,12,21H,2-5,8-9H2,1H3,(H,17,19)(H,18,20). The van der Waals surface area contributed by atoms with Crippen LogP contribution in [0.1, 0.15) is 31.2 Å². The van der Waals surface area contributed by atoms with Crippen LogP contribution in [-0.2, 0) is 16.0 Å². The SMILES string of the molecule is COc1ccc(CCNC(=O)C(=O)NO)cc1OC1CCCC1. The first-order valence-corrected chi connectivity index (χ1v) is 7.70. The molecule has 2 rings (SSSR count). The zero-order valence-corrected chi connectivity index (χ0v) is 13.1. The molecule has 1 aliphatic rings. The van der Waals surface area contributed by atoms with E-state index in [0.29, 0.717) is 17.9 Å². The van der Waals surface area contributed by atoms with E-state index in [1.165, 1.54) is 18.3 Å². The Morgan fingerprint density at radius 3 is 2.61 bits per heavy atom. The lowest BCUT2D eigenvalue weighted by molar-refractivity contribution is -0.144. The number of ether oxygens (including phenoxy) is 2. The molecule has 2 amide bonds. The van der Waals surface area contributed by atoms with Gasteiger partial charge in [-0.3, -0.25) is 14.8 Å². The molecule has 1 saturated carbocycles. The first-order chi connectivity index (χ1) is 11.1. The fraction of sp³-hybridized carbons (Fsp3) is 0.500. The Labute approximate surface area is 134 Å². The maximum Gasteiger partial charge on any atom is 0.332 e. The zero-order valence-electron chi connectivity index (χ0n) is 13.1. The second kappa shape index (κ2) is 8.38. The molecule has 1 fully saturated rings. The maximum atomic E-state index is 11.2. The molecule has 0 saturated heterocycles. The average Bonchev–Trinajstić information content (AvgIpc) is 3.07. The number of rotatable bonds is 6. The van der Waals surface area contributed by atoms with Crippen molar-refractivity contribution in [3.05, 3.63) is 23.8 Å². The predicted molar refractivity (Wildman–Crippen MR) is 82.5 cm³/mol. The monoisotopic (exact) mass is 322 g/mol. The summed E-state index contributed by atoms with van der Waals surface area (Å²) in [5, 5.41) is 10.8. The van der Waals surface area contributed by atoms with Gasteiger partial charge in [0.15, 0.2) is 11.5 Å². The number of hydrogen-bond donors (Lipinski definition) is 3. The molecule has 0 heterocycles. The number of benzene rings is 1. The molecular weight excluding hydrogens is 300 g/mol. The van der Waals surface area contributed by atoms with Crippen molar-refractivity contribution < 1.29 is 24.3 Å². The van der Waals surface area contributed by atoms with Crippen LogP contribution in [0.4, 0.5) is 0 Å². The van der Waals surface area contributed by atoms with E-state index in [-0.39, 0.29) is 12.6 Å². The van der Waals surface area contributed by atoms with Crippen molar-refractivity contribution in [3.8, 4) is 11.5 Å². The van der Waals surface area contributed by atoms with Gasteiger partial charge >= 0.3 is 11.8 Å². The Morgan fingerprint density at radius 1 is 1.22 bits per heavy atom. The molecule has 23 heavy (non-hydrogen) atoms. The van der Waals surface area contributed by atoms with E-state index in [0.717, 1.165) is 18.4 Å². The van der Waals surface area contributed by atoms with Crippen LogP contribution < -0.4 is 20.3 Å². The van der Waals surface area contributed by atoms with Crippen molar-refractivity contribution in [2.45, 2.75) is 38.2 Å². The number of carbonyl (C=O) groups is 2. The van der Waals surface area contributed by atoms with Gasteiger partial charge in [0, 0.05) is 6.54 Å². The second-order valence-corrected chi connectivity index (χ2v) is 5.46. The Kier molecular flexibility index (Phi) is 6.22. The number of amides is 2. The summed E-state index contributed by atoms with van der Waals surface area (Å²) in [6.45, 7) is 0.279. The van der Waals surface area contributed by atoms with Crippen LogP contribution >= 0.6 is 0 Å². The Bertz CT molecular complexity index is 555. The third kappa shape index (κ3) is 4.85. The number of carbonyl (C=O) groups excluding carboxylic acids is 2. The average molecular weight is 322 g/mol. The minimum atomic E-state index is -1.08. The summed E-state index contributed by atoms with van der Waals surface area (Å²) in [4.78, 5) is 22.1. The first-order valence-electron chi connectivity index (χ1n) is 7.70. The molecule has 0 aromatic heterocycles. The smallest absolute Gasteiger partial charge is 0.332 e. The van der Waals surface area contributed by atoms with Gasteiger partial charge in [-0.25, -0.2) is 5.48 Å². The van der Waals surface area contributed by atoms with E-state index in [4.69, 9.17) is 14.7 Å². The summed E-state index contributed by atoms with van der Waals surface area (Å²) in [6.07, 6.45) is 5.25. The van der Waals surface area contributed by atoms with Crippen LogP contribution in [0.2, 0.25) is 0 Å². The van der Waals surface area contributed by atoms with Gasteiger partial charge in [0.05, 0.1) is 13.2 Å². The normalized spacial score (nSPS) is 14.3. The van der Waals surface area contributed by atoms with Gasteiger partial charge in [-0.15, -0.1) is 0 Å². The Balaban J connectivity index is 1.94. The van der Waals surface area contributed by atoms with Crippen molar-refractivity contribution in [1.29, 1.82) is 0 Å². The zero-order chi connectivity index (χ0) is 16.7. The lowest BCUT2D eigenvalue weighted by Crippen LogP contribution is -2.39. The van der Waals surface area contributed by atoms with Crippen molar-refractivity contribution in [3.63, 3.8) is 0 Å². The third-order valence-electron chi connectivity index (χ3n) is 3.83. The fourth-order valence-corrected chi connectivity index (χ4v) is 2.61. The Morgan fingerprint density at radius 2 is 1.96 bits per heavy atom. The molecule has 0 unspecified atom stereocenters. The van der Waals surface area contributed by atoms with Crippen LogP contribution in [0.15, 0.2) is 18.2 Å². The Hall–Kier alpha value is -2.28. The summed E-state index contributed by atoms with van der Waals surface area (Å²) in [6, 6.07) is 5.62. The van der Waals surface area contributed by atoms with Crippen LogP contribution in [0, 0.1) is 0 Å². The molecule has 7 nitrogen and oxygen atoms in total. The highest BCUT2D eigenvalue weighted by molar-refractivity contribution is 6.34. The molecule has 0 atom stereocenters. The van der Waals surface area contributed by atoms with E-state index in [9.17, 15) is 9.59 Å². The summed E-state index contributed by atoms with van der Waals surface area (Å²) in [5.41, 5.74) is 2.25. The topological polar surface area (TPSA) is 96.9 Å². The van der Waals surface area contributed by atoms with E-state index >= 15 is 0 Å². The highest BCUT2D eigenvalue weighted by atomic mass is 16.5. The van der Waals surface area contributed by atoms with Crippen LogP contribution in [0.25, 0.3) is 0 Å². The molecule has 1 aromatic carbocycles. The third-order valence-corrected chi connectivity index (χ3v) is 3.83. The van der Waals surface area contributed by atoms with Gasteiger partial charge in [-0.1, -0.05) is 6.07 Å². The fourth-order valence-electron chi connectivity index (χ4n) is 2.61. The molecule has 1 aromatic rings. The minimum absolute atomic E-state index is 0.229. The van der Waals surface area contributed by atoms with Gasteiger partial charge in [-0.05, 0) is 49.8 Å². The summed E-state index contributed by atoms with van der Waals surface area (Å²) in [5.74, 6) is -0.561. The van der Waals surface area contributed by atoms with Gasteiger partial charge < -0.3 is 14.8 Å². The lowest BCUT2D eigenvalue weighted by atomic mass is 10.1. The molecule has 7 heteroatoms. The summed E-state index contributed by atoms with van der Waals surface area (Å²) in [7, 11) is 1.60. The quantitative estimate of drug-likeness (QED) is 0.415. The van der Waals surface area contributed by atoms with Crippen molar-refractivity contribution in [2.75, 3.05) is 13.7 Å². The van der Waals surface area contributed by atoms with Crippen LogP contribution in [0.3, 0.4) is 0 Å². The number of nitrogens with one attached hydrogen (secondary N) is 2. The largest absolute Gasteiger partial charge is 0.493 e. The molecule has 1 aliphatic carbocycles. The van der Waals surface area contributed by atoms with E-state index < -0.39 is 11.8 Å². The number of hydroxylamine groups is 1. The van der Waals surface area contributed by atoms with Gasteiger partial charge in [-0.2, -0.15) is 0 Å². The predicted octanol–water partition coefficient (Wildman–Crippen LogP) is 1.18. The molecule has 126 valence electrons. The maximum absolute atomic E-state index is 11.2. The lowest BCUT2D eigenvalue weighted by Gasteiger charge is -2.17. The van der Waals surface area contributed by atoms with Gasteiger partial charge in [0.1, 0.15) is 0 Å².